The van der Waals surface area contributed by atoms with Gasteiger partial charge in [-0.1, -0.05) is 36.4 Å². The monoisotopic (exact) mass is 714 g/mol. The molecule has 6 heteroatoms. The third-order valence-electron chi connectivity index (χ3n) is 3.74. The van der Waals surface area contributed by atoms with Crippen LogP contribution >= 0.6 is 72.8 Å². The lowest BCUT2D eigenvalue weighted by atomic mass is 10.1. The number of carbonyl (C=O) groups is 1. The zero-order chi connectivity index (χ0) is 19.4. The summed E-state index contributed by atoms with van der Waals surface area (Å²) in [6, 6.07) is 12.3. The molecule has 0 spiro atoms. The largest absolute Gasteiger partial charge is 0.461 e. The fraction of sp³-hybridized carbons (Fsp3) is 0.350. The molecule has 0 aliphatic rings. The van der Waals surface area contributed by atoms with E-state index in [0.717, 1.165) is 5.56 Å². The topological polar surface area (TPSA) is 26.3 Å². The maximum absolute atomic E-state index is 10.5. The van der Waals surface area contributed by atoms with Gasteiger partial charge in [-0.2, -0.15) is 0 Å². The van der Waals surface area contributed by atoms with Gasteiger partial charge >= 0.3 is 5.97 Å². The summed E-state index contributed by atoms with van der Waals surface area (Å²) in [4.78, 5) is 10.5. The van der Waals surface area contributed by atoms with Crippen LogP contribution in [0, 0.1) is 27.7 Å². The lowest BCUT2D eigenvalue weighted by molar-refractivity contribution is -0.142. The number of alkyl halides is 1. The molecule has 0 bridgehead atoms. The van der Waals surface area contributed by atoms with Crippen molar-refractivity contribution >= 4 is 78.8 Å². The summed E-state index contributed by atoms with van der Waals surface area (Å²) in [5.74, 6) is 0.374. The van der Waals surface area contributed by atoms with Crippen LogP contribution in [-0.2, 0) is 22.0 Å². The summed E-state index contributed by atoms with van der Waals surface area (Å²) < 4.78 is 4.88. The molecule has 0 unspecified atom stereocenters. The second-order valence-corrected chi connectivity index (χ2v) is 6.02. The molecule has 0 heterocycles. The SMILES string of the molecule is CC(=O)OCc1ccc(C)c(C)c1.Cc1ccc(CCl)cc1C.I.II. The summed E-state index contributed by atoms with van der Waals surface area (Å²) >= 11 is 9.89. The molecule has 0 N–H and O–H groups in total. The van der Waals surface area contributed by atoms with Gasteiger partial charge in [-0.3, -0.25) is 4.79 Å². The Kier molecular flexibility index (Phi) is 18.0. The van der Waals surface area contributed by atoms with E-state index in [1.807, 2.05) is 25.1 Å². The molecular weight excluding hydrogens is 688 g/mol. The highest BCUT2D eigenvalue weighted by Gasteiger charge is 1.98. The quantitative estimate of drug-likeness (QED) is 0.185. The molecule has 0 fully saturated rings. The van der Waals surface area contributed by atoms with Gasteiger partial charge in [0.1, 0.15) is 6.61 Å². The van der Waals surface area contributed by atoms with Crippen LogP contribution < -0.4 is 0 Å². The third kappa shape index (κ3) is 12.0. The molecule has 0 aliphatic carbocycles. The molecule has 2 aromatic rings. The van der Waals surface area contributed by atoms with Crippen LogP contribution in [0.1, 0.15) is 40.3 Å². The predicted octanol–water partition coefficient (Wildman–Crippen LogP) is 7.80. The maximum Gasteiger partial charge on any atom is 0.302 e. The number of carbonyl (C=O) groups excluding carboxylic acids is 1. The molecule has 2 aromatic carbocycles. The highest BCUT2D eigenvalue weighted by molar-refractivity contribution is 15.0. The number of rotatable bonds is 3. The average Bonchev–Trinajstić information content (AvgIpc) is 2.60. The van der Waals surface area contributed by atoms with Crippen molar-refractivity contribution in [2.45, 2.75) is 47.1 Å². The van der Waals surface area contributed by atoms with E-state index < -0.39 is 0 Å². The predicted molar refractivity (Wildman–Crippen MR) is 140 cm³/mol. The maximum atomic E-state index is 10.5. The van der Waals surface area contributed by atoms with Crippen LogP contribution in [0.25, 0.3) is 0 Å². The molecule has 146 valence electrons. The van der Waals surface area contributed by atoms with Gasteiger partial charge in [0.05, 0.1) is 0 Å². The van der Waals surface area contributed by atoms with Crippen molar-refractivity contribution in [2.75, 3.05) is 0 Å². The Balaban J connectivity index is 0. The van der Waals surface area contributed by atoms with Crippen LogP contribution in [0.5, 0.6) is 0 Å². The second kappa shape index (κ2) is 16.4. The second-order valence-electron chi connectivity index (χ2n) is 5.75. The molecule has 0 atom stereocenters. The van der Waals surface area contributed by atoms with E-state index in [4.69, 9.17) is 16.3 Å². The number of ether oxygens (including phenoxy) is 1. The zero-order valence-electron chi connectivity index (χ0n) is 15.7. The lowest BCUT2D eigenvalue weighted by Gasteiger charge is -2.04. The summed E-state index contributed by atoms with van der Waals surface area (Å²) in [7, 11) is 0. The average molecular weight is 715 g/mol. The Labute approximate surface area is 203 Å². The minimum Gasteiger partial charge on any atom is -0.461 e. The molecule has 2 nitrogen and oxygen atoms in total. The van der Waals surface area contributed by atoms with Gasteiger partial charge in [0, 0.05) is 50.0 Å². The highest BCUT2D eigenvalue weighted by atomic mass is 128. The summed E-state index contributed by atoms with van der Waals surface area (Å²) in [5, 5.41) is 0. The Morgan fingerprint density at radius 1 is 0.885 bits per heavy atom. The van der Waals surface area contributed by atoms with Gasteiger partial charge < -0.3 is 4.74 Å². The Hall–Kier alpha value is 0.390. The van der Waals surface area contributed by atoms with E-state index >= 15 is 0 Å². The minimum absolute atomic E-state index is 0. The van der Waals surface area contributed by atoms with Gasteiger partial charge in [0.2, 0.25) is 0 Å². The number of hydrogen-bond donors (Lipinski definition) is 0. The fourth-order valence-corrected chi connectivity index (χ4v) is 2.13. The Bertz CT molecular complexity index is 676. The molecule has 0 saturated heterocycles. The first kappa shape index (κ1) is 28.6. The van der Waals surface area contributed by atoms with E-state index in [1.54, 1.807) is 0 Å². The van der Waals surface area contributed by atoms with Crippen molar-refractivity contribution in [3.63, 3.8) is 0 Å². The summed E-state index contributed by atoms with van der Waals surface area (Å²) in [6.45, 7) is 10.1. The molecule has 0 radical (unpaired) electrons. The van der Waals surface area contributed by atoms with E-state index in [2.05, 4.69) is 76.2 Å². The molecule has 2 rings (SSSR count). The molecular formula is C20H26ClI3O2. The van der Waals surface area contributed by atoms with Crippen LogP contribution in [0.4, 0.5) is 0 Å². The number of benzene rings is 2. The molecule has 26 heavy (non-hydrogen) atoms. The van der Waals surface area contributed by atoms with E-state index in [0.29, 0.717) is 12.5 Å². The first-order valence-corrected chi connectivity index (χ1v) is 14.6. The van der Waals surface area contributed by atoms with Gasteiger partial charge in [0.25, 0.3) is 0 Å². The first-order chi connectivity index (χ1) is 11.8. The van der Waals surface area contributed by atoms with Crippen LogP contribution in [0.15, 0.2) is 36.4 Å². The smallest absolute Gasteiger partial charge is 0.302 e. The Morgan fingerprint density at radius 3 is 1.69 bits per heavy atom. The van der Waals surface area contributed by atoms with E-state index in [9.17, 15) is 4.79 Å². The molecule has 0 aromatic heterocycles. The highest BCUT2D eigenvalue weighted by Crippen LogP contribution is 2.11. The van der Waals surface area contributed by atoms with Gasteiger partial charge in [-0.25, -0.2) is 0 Å². The van der Waals surface area contributed by atoms with Crippen molar-refractivity contribution in [3.05, 3.63) is 69.8 Å². The zero-order valence-corrected chi connectivity index (χ0v) is 23.1. The van der Waals surface area contributed by atoms with E-state index in [-0.39, 0.29) is 29.9 Å². The number of halogens is 4. The normalized spacial score (nSPS) is 8.92. The first-order valence-electron chi connectivity index (χ1n) is 7.79. The fourth-order valence-electron chi connectivity index (χ4n) is 1.96. The Morgan fingerprint density at radius 2 is 1.31 bits per heavy atom. The van der Waals surface area contributed by atoms with Gasteiger partial charge in [0.15, 0.2) is 0 Å². The van der Waals surface area contributed by atoms with E-state index in [1.165, 1.54) is 34.7 Å². The number of hydrogen-bond acceptors (Lipinski definition) is 2. The van der Waals surface area contributed by atoms with Crippen molar-refractivity contribution in [2.24, 2.45) is 0 Å². The third-order valence-corrected chi connectivity index (χ3v) is 4.05. The minimum atomic E-state index is -0.238. The van der Waals surface area contributed by atoms with Crippen molar-refractivity contribution < 1.29 is 9.53 Å². The standard InChI is InChI=1S/C11H14O2.C9H11Cl.I2.HI/c1-8-4-5-11(6-9(8)2)7-13-10(3)12;1-7-3-4-9(6-10)5-8(7)2;1-2;/h4-6H,7H2,1-3H3;3-5H,6H2,1-2H3;;1H. The molecule has 0 saturated carbocycles. The van der Waals surface area contributed by atoms with Gasteiger partial charge in [-0.05, 0) is 61.1 Å². The number of esters is 1. The van der Waals surface area contributed by atoms with Crippen molar-refractivity contribution in [3.8, 4) is 0 Å². The molecule has 0 aliphatic heterocycles. The van der Waals surface area contributed by atoms with Crippen LogP contribution in [0.3, 0.4) is 0 Å². The number of aryl methyl sites for hydroxylation is 4. The van der Waals surface area contributed by atoms with Gasteiger partial charge in [-0.15, -0.1) is 35.6 Å². The van der Waals surface area contributed by atoms with Crippen molar-refractivity contribution in [1.29, 1.82) is 0 Å². The molecule has 0 amide bonds. The summed E-state index contributed by atoms with van der Waals surface area (Å²) in [5.41, 5.74) is 7.37. The van der Waals surface area contributed by atoms with Crippen LogP contribution in [-0.4, -0.2) is 5.97 Å². The lowest BCUT2D eigenvalue weighted by Crippen LogP contribution is -1.99. The summed E-state index contributed by atoms with van der Waals surface area (Å²) in [6.07, 6.45) is 0. The van der Waals surface area contributed by atoms with Crippen LogP contribution in [0.2, 0.25) is 0 Å². The van der Waals surface area contributed by atoms with Crippen molar-refractivity contribution in [1.82, 2.24) is 0 Å².